The molecule has 2 aliphatic rings. The summed E-state index contributed by atoms with van der Waals surface area (Å²) in [6, 6.07) is 0.470. The quantitative estimate of drug-likeness (QED) is 0.805. The van der Waals surface area contributed by atoms with E-state index in [1.165, 1.54) is 12.8 Å². The number of amides is 1. The molecule has 1 amide bonds. The Morgan fingerprint density at radius 1 is 1.42 bits per heavy atom. The highest BCUT2D eigenvalue weighted by molar-refractivity contribution is 5.68. The summed E-state index contributed by atoms with van der Waals surface area (Å²) in [5.41, 5.74) is -0.0679. The van der Waals surface area contributed by atoms with Crippen LogP contribution in [0.4, 0.5) is 4.79 Å². The van der Waals surface area contributed by atoms with Gasteiger partial charge in [0.2, 0.25) is 0 Å². The second kappa shape index (κ2) is 8.05. The Bertz CT molecular complexity index is 410. The van der Waals surface area contributed by atoms with Crippen LogP contribution in [0.1, 0.15) is 60.3 Å². The van der Waals surface area contributed by atoms with Gasteiger partial charge >= 0.3 is 6.09 Å². The topological polar surface area (TPSA) is 50.8 Å². The first-order chi connectivity index (χ1) is 11.2. The van der Waals surface area contributed by atoms with E-state index in [0.717, 1.165) is 45.7 Å². The first-order valence-electron chi connectivity index (χ1n) is 9.52. The van der Waals surface area contributed by atoms with Gasteiger partial charge in [0.05, 0.1) is 13.2 Å². The van der Waals surface area contributed by atoms with Crippen molar-refractivity contribution in [3.63, 3.8) is 0 Å². The average molecular weight is 341 g/mol. The molecule has 1 N–H and O–H groups in total. The lowest BCUT2D eigenvalue weighted by atomic mass is 9.82. The Labute approximate surface area is 147 Å². The van der Waals surface area contributed by atoms with Crippen LogP contribution in [0.25, 0.3) is 0 Å². The molecule has 2 unspecified atom stereocenters. The van der Waals surface area contributed by atoms with E-state index < -0.39 is 5.60 Å². The zero-order chi connectivity index (χ0) is 17.8. The lowest BCUT2D eigenvalue weighted by Gasteiger charge is -2.42. The van der Waals surface area contributed by atoms with E-state index in [1.807, 2.05) is 25.7 Å². The minimum Gasteiger partial charge on any atom is -0.444 e. The van der Waals surface area contributed by atoms with Crippen molar-refractivity contribution in [1.82, 2.24) is 10.2 Å². The molecule has 0 saturated carbocycles. The van der Waals surface area contributed by atoms with E-state index in [4.69, 9.17) is 9.47 Å². The number of likely N-dealkylation sites (tertiary alicyclic amines) is 1. The van der Waals surface area contributed by atoms with Crippen molar-refractivity contribution < 1.29 is 14.3 Å². The van der Waals surface area contributed by atoms with Gasteiger partial charge in [-0.1, -0.05) is 6.92 Å². The number of carbonyl (C=O) groups excluding carboxylic acids is 1. The van der Waals surface area contributed by atoms with Crippen molar-refractivity contribution in [3.05, 3.63) is 0 Å². The van der Waals surface area contributed by atoms with Gasteiger partial charge < -0.3 is 19.7 Å². The summed E-state index contributed by atoms with van der Waals surface area (Å²) in [5.74, 6) is 0.559. The summed E-state index contributed by atoms with van der Waals surface area (Å²) < 4.78 is 10.9. The fourth-order valence-corrected chi connectivity index (χ4v) is 3.55. The first-order valence-corrected chi connectivity index (χ1v) is 9.52. The molecule has 2 saturated heterocycles. The molecule has 0 aliphatic carbocycles. The Hall–Kier alpha value is -0.810. The first kappa shape index (κ1) is 19.5. The number of ether oxygens (including phenoxy) is 2. The van der Waals surface area contributed by atoms with Crippen molar-refractivity contribution in [2.24, 2.45) is 11.3 Å². The zero-order valence-corrected chi connectivity index (χ0v) is 16.2. The smallest absolute Gasteiger partial charge is 0.410 e. The monoisotopic (exact) mass is 340 g/mol. The Morgan fingerprint density at radius 3 is 2.67 bits per heavy atom. The third kappa shape index (κ3) is 5.62. The fourth-order valence-electron chi connectivity index (χ4n) is 3.55. The van der Waals surface area contributed by atoms with Gasteiger partial charge in [0.25, 0.3) is 0 Å². The summed E-state index contributed by atoms with van der Waals surface area (Å²) in [5, 5.41) is 3.69. The molecule has 2 heterocycles. The maximum Gasteiger partial charge on any atom is 0.410 e. The molecule has 2 rings (SSSR count). The molecule has 5 heteroatoms. The molecular formula is C19H36N2O3. The minimum atomic E-state index is -0.418. The van der Waals surface area contributed by atoms with E-state index in [0.29, 0.717) is 17.4 Å². The van der Waals surface area contributed by atoms with Crippen molar-refractivity contribution in [2.75, 3.05) is 32.8 Å². The summed E-state index contributed by atoms with van der Waals surface area (Å²) in [6.07, 6.45) is 4.39. The molecular weight excluding hydrogens is 304 g/mol. The van der Waals surface area contributed by atoms with Crippen molar-refractivity contribution in [1.29, 1.82) is 0 Å². The van der Waals surface area contributed by atoms with E-state index >= 15 is 0 Å². The highest BCUT2D eigenvalue weighted by Gasteiger charge is 2.37. The average Bonchev–Trinajstić information content (AvgIpc) is 2.45. The summed E-state index contributed by atoms with van der Waals surface area (Å²) >= 11 is 0. The molecule has 140 valence electrons. The Morgan fingerprint density at radius 2 is 2.12 bits per heavy atom. The third-order valence-corrected chi connectivity index (χ3v) is 5.25. The number of rotatable bonds is 6. The van der Waals surface area contributed by atoms with Gasteiger partial charge in [0.15, 0.2) is 0 Å². The van der Waals surface area contributed by atoms with Crippen LogP contribution < -0.4 is 5.32 Å². The Balaban J connectivity index is 1.74. The number of hydrogen-bond donors (Lipinski definition) is 1. The normalized spacial score (nSPS) is 25.0. The van der Waals surface area contributed by atoms with Crippen LogP contribution in [0.3, 0.4) is 0 Å². The van der Waals surface area contributed by atoms with E-state index in [2.05, 4.69) is 19.2 Å². The van der Waals surface area contributed by atoms with Gasteiger partial charge in [0, 0.05) is 31.1 Å². The molecule has 0 bridgehead atoms. The second-order valence-electron chi connectivity index (χ2n) is 8.80. The van der Waals surface area contributed by atoms with Gasteiger partial charge in [-0.3, -0.25) is 0 Å². The van der Waals surface area contributed by atoms with Gasteiger partial charge in [0.1, 0.15) is 5.60 Å². The van der Waals surface area contributed by atoms with Crippen molar-refractivity contribution in [3.8, 4) is 0 Å². The molecule has 5 nitrogen and oxygen atoms in total. The summed E-state index contributed by atoms with van der Waals surface area (Å²) in [7, 11) is 0. The summed E-state index contributed by atoms with van der Waals surface area (Å²) in [6.45, 7) is 14.7. The Kier molecular flexibility index (Phi) is 6.54. The maximum atomic E-state index is 12.3. The predicted molar refractivity (Wildman–Crippen MR) is 96.2 cm³/mol. The van der Waals surface area contributed by atoms with Gasteiger partial charge in [-0.2, -0.15) is 0 Å². The van der Waals surface area contributed by atoms with Gasteiger partial charge in [-0.05, 0) is 59.3 Å². The van der Waals surface area contributed by atoms with E-state index in [9.17, 15) is 4.79 Å². The van der Waals surface area contributed by atoms with Gasteiger partial charge in [-0.25, -0.2) is 4.79 Å². The van der Waals surface area contributed by atoms with Gasteiger partial charge in [-0.15, -0.1) is 0 Å². The molecule has 0 aromatic heterocycles. The van der Waals surface area contributed by atoms with E-state index in [-0.39, 0.29) is 6.09 Å². The molecule has 0 spiro atoms. The molecule has 2 atom stereocenters. The largest absolute Gasteiger partial charge is 0.444 e. The van der Waals surface area contributed by atoms with Crippen LogP contribution >= 0.6 is 0 Å². The number of carbonyl (C=O) groups is 1. The molecule has 0 radical (unpaired) electrons. The molecule has 0 aromatic rings. The zero-order valence-electron chi connectivity index (χ0n) is 16.2. The molecule has 2 aliphatic heterocycles. The van der Waals surface area contributed by atoms with Crippen LogP contribution in [-0.2, 0) is 9.47 Å². The standard InChI is InChI=1S/C19H36N2O3/c1-6-19(13-23-14-19)12-20-15(2)10-16-8-7-9-21(11-16)17(22)24-18(3,4)5/h15-16,20H,6-14H2,1-5H3. The lowest BCUT2D eigenvalue weighted by Crippen LogP contribution is -2.51. The van der Waals surface area contributed by atoms with Crippen LogP contribution in [0.5, 0.6) is 0 Å². The van der Waals surface area contributed by atoms with Crippen LogP contribution in [0.15, 0.2) is 0 Å². The summed E-state index contributed by atoms with van der Waals surface area (Å²) in [4.78, 5) is 14.2. The van der Waals surface area contributed by atoms with E-state index in [1.54, 1.807) is 0 Å². The number of nitrogens with zero attached hydrogens (tertiary/aromatic N) is 1. The fraction of sp³-hybridized carbons (Fsp3) is 0.947. The van der Waals surface area contributed by atoms with Crippen molar-refractivity contribution >= 4 is 6.09 Å². The SMILES string of the molecule is CCC1(CNC(C)CC2CCCN(C(=O)OC(C)(C)C)C2)COC1. The molecule has 24 heavy (non-hydrogen) atoms. The highest BCUT2D eigenvalue weighted by Crippen LogP contribution is 2.30. The number of hydrogen-bond acceptors (Lipinski definition) is 4. The van der Waals surface area contributed by atoms with Crippen molar-refractivity contribution in [2.45, 2.75) is 71.9 Å². The van der Waals surface area contributed by atoms with Crippen LogP contribution in [0, 0.1) is 11.3 Å². The van der Waals surface area contributed by atoms with Crippen LogP contribution in [-0.4, -0.2) is 55.5 Å². The number of piperidine rings is 1. The second-order valence-corrected chi connectivity index (χ2v) is 8.80. The predicted octanol–water partition coefficient (Wildman–Crippen LogP) is 3.43. The third-order valence-electron chi connectivity index (χ3n) is 5.25. The molecule has 0 aromatic carbocycles. The molecule has 2 fully saturated rings. The highest BCUT2D eigenvalue weighted by atomic mass is 16.6. The minimum absolute atomic E-state index is 0.163. The number of nitrogens with one attached hydrogen (secondary N) is 1. The van der Waals surface area contributed by atoms with Crippen LogP contribution in [0.2, 0.25) is 0 Å². The lowest BCUT2D eigenvalue weighted by molar-refractivity contribution is -0.113. The maximum absolute atomic E-state index is 12.3.